The van der Waals surface area contributed by atoms with E-state index >= 15 is 0 Å². The second-order valence-corrected chi connectivity index (χ2v) is 7.66. The lowest BCUT2D eigenvalue weighted by molar-refractivity contribution is -0.121. The summed E-state index contributed by atoms with van der Waals surface area (Å²) in [6, 6.07) is 10.5. The smallest absolute Gasteiger partial charge is 0.261 e. The number of benzene rings is 2. The molecule has 1 aliphatic heterocycles. The molecule has 0 saturated heterocycles. The summed E-state index contributed by atoms with van der Waals surface area (Å²) in [5, 5.41) is 2.87. The normalized spacial score (nSPS) is 12.7. The molecule has 30 heavy (non-hydrogen) atoms. The quantitative estimate of drug-likeness (QED) is 0.564. The Labute approximate surface area is 183 Å². The molecule has 0 aromatic heterocycles. The number of amides is 3. The number of nitrogens with one attached hydrogen (secondary N) is 1. The molecule has 2 aromatic carbocycles. The van der Waals surface area contributed by atoms with Crippen molar-refractivity contribution in [3.63, 3.8) is 0 Å². The molecule has 0 saturated carbocycles. The maximum atomic E-state index is 12.3. The zero-order chi connectivity index (χ0) is 21.7. The Balaban J connectivity index is 1.44. The molecule has 0 fully saturated rings. The number of hydrogen-bond donors (Lipinski definition) is 1. The van der Waals surface area contributed by atoms with E-state index in [0.29, 0.717) is 42.0 Å². The SMILES string of the molecule is COc1cc(Br)c(CCNC(=O)CCCN2C(=O)c3ccccc3C2=O)cc1OC. The first kappa shape index (κ1) is 21.8. The fourth-order valence-electron chi connectivity index (χ4n) is 3.35. The molecule has 158 valence electrons. The average Bonchev–Trinajstić information content (AvgIpc) is 2.99. The molecule has 1 aliphatic rings. The van der Waals surface area contributed by atoms with Gasteiger partial charge in [-0.3, -0.25) is 19.3 Å². The van der Waals surface area contributed by atoms with Crippen LogP contribution in [-0.4, -0.2) is 49.9 Å². The van der Waals surface area contributed by atoms with E-state index in [4.69, 9.17) is 9.47 Å². The summed E-state index contributed by atoms with van der Waals surface area (Å²) in [4.78, 5) is 38.0. The summed E-state index contributed by atoms with van der Waals surface area (Å²) in [5.74, 6) is 0.542. The van der Waals surface area contributed by atoms with Gasteiger partial charge in [0, 0.05) is 24.0 Å². The third kappa shape index (κ3) is 4.64. The molecule has 0 atom stereocenters. The predicted molar refractivity (Wildman–Crippen MR) is 115 cm³/mol. The third-order valence-corrected chi connectivity index (χ3v) is 5.67. The van der Waals surface area contributed by atoms with Crippen molar-refractivity contribution in [2.75, 3.05) is 27.3 Å². The van der Waals surface area contributed by atoms with Gasteiger partial charge in [0.25, 0.3) is 11.8 Å². The Morgan fingerprint density at radius 1 is 1.03 bits per heavy atom. The van der Waals surface area contributed by atoms with Gasteiger partial charge >= 0.3 is 0 Å². The first-order chi connectivity index (χ1) is 14.5. The highest BCUT2D eigenvalue weighted by Crippen LogP contribution is 2.33. The highest BCUT2D eigenvalue weighted by Gasteiger charge is 2.34. The minimum Gasteiger partial charge on any atom is -0.493 e. The van der Waals surface area contributed by atoms with Crippen LogP contribution in [0, 0.1) is 0 Å². The van der Waals surface area contributed by atoms with Gasteiger partial charge in [-0.25, -0.2) is 0 Å². The van der Waals surface area contributed by atoms with Crippen molar-refractivity contribution in [1.82, 2.24) is 10.2 Å². The number of carbonyl (C=O) groups is 3. The molecule has 8 heteroatoms. The molecule has 1 heterocycles. The van der Waals surface area contributed by atoms with Gasteiger partial charge in [0.05, 0.1) is 25.3 Å². The Morgan fingerprint density at radius 3 is 2.23 bits per heavy atom. The van der Waals surface area contributed by atoms with Crippen molar-refractivity contribution in [2.45, 2.75) is 19.3 Å². The van der Waals surface area contributed by atoms with Gasteiger partial charge in [0.1, 0.15) is 0 Å². The van der Waals surface area contributed by atoms with Crippen molar-refractivity contribution in [3.8, 4) is 11.5 Å². The second-order valence-electron chi connectivity index (χ2n) is 6.81. The van der Waals surface area contributed by atoms with E-state index in [9.17, 15) is 14.4 Å². The minimum absolute atomic E-state index is 0.122. The topological polar surface area (TPSA) is 84.9 Å². The van der Waals surface area contributed by atoms with Crippen LogP contribution in [-0.2, 0) is 11.2 Å². The number of rotatable bonds is 9. The maximum absolute atomic E-state index is 12.3. The monoisotopic (exact) mass is 474 g/mol. The van der Waals surface area contributed by atoms with Crippen LogP contribution < -0.4 is 14.8 Å². The molecule has 7 nitrogen and oxygen atoms in total. The summed E-state index contributed by atoms with van der Waals surface area (Å²) in [7, 11) is 3.15. The number of fused-ring (bicyclic) bond motifs is 1. The van der Waals surface area contributed by atoms with E-state index in [2.05, 4.69) is 21.2 Å². The lowest BCUT2D eigenvalue weighted by Crippen LogP contribution is -2.32. The Hall–Kier alpha value is -2.87. The number of nitrogens with zero attached hydrogens (tertiary/aromatic N) is 1. The fourth-order valence-corrected chi connectivity index (χ4v) is 3.87. The van der Waals surface area contributed by atoms with Crippen LogP contribution in [0.25, 0.3) is 0 Å². The molecule has 0 bridgehead atoms. The third-order valence-electron chi connectivity index (χ3n) is 4.93. The fraction of sp³-hybridized carbons (Fsp3) is 0.318. The Morgan fingerprint density at radius 2 is 1.63 bits per heavy atom. The van der Waals surface area contributed by atoms with Crippen molar-refractivity contribution >= 4 is 33.7 Å². The van der Waals surface area contributed by atoms with E-state index in [1.807, 2.05) is 12.1 Å². The lowest BCUT2D eigenvalue weighted by Gasteiger charge is -2.14. The zero-order valence-corrected chi connectivity index (χ0v) is 18.5. The molecular formula is C22H23BrN2O5. The van der Waals surface area contributed by atoms with Crippen LogP contribution >= 0.6 is 15.9 Å². The number of methoxy groups -OCH3 is 2. The molecule has 0 aliphatic carbocycles. The van der Waals surface area contributed by atoms with Crippen LogP contribution in [0.1, 0.15) is 39.1 Å². The van der Waals surface area contributed by atoms with E-state index in [1.54, 1.807) is 38.5 Å². The van der Waals surface area contributed by atoms with E-state index < -0.39 is 0 Å². The molecule has 0 radical (unpaired) electrons. The Kier molecular flexibility index (Phi) is 7.10. The number of ether oxygens (including phenoxy) is 2. The predicted octanol–water partition coefficient (Wildman–Crippen LogP) is 3.20. The number of imide groups is 1. The molecule has 3 rings (SSSR count). The summed E-state index contributed by atoms with van der Waals surface area (Å²) in [5.41, 5.74) is 1.83. The standard InChI is InChI=1S/C22H23BrN2O5/c1-29-18-12-14(17(23)13-19(18)30-2)9-10-24-20(26)8-5-11-25-21(27)15-6-3-4-7-16(15)22(25)28/h3-4,6-7,12-13H,5,8-11H2,1-2H3,(H,24,26). The van der Waals surface area contributed by atoms with Gasteiger partial charge in [-0.05, 0) is 42.7 Å². The molecular weight excluding hydrogens is 452 g/mol. The molecule has 1 N–H and O–H groups in total. The van der Waals surface area contributed by atoms with Crippen LogP contribution in [0.5, 0.6) is 11.5 Å². The minimum atomic E-state index is -0.297. The van der Waals surface area contributed by atoms with Crippen molar-refractivity contribution in [3.05, 3.63) is 57.6 Å². The summed E-state index contributed by atoms with van der Waals surface area (Å²) in [6.45, 7) is 0.681. The summed E-state index contributed by atoms with van der Waals surface area (Å²) < 4.78 is 11.4. The first-order valence-electron chi connectivity index (χ1n) is 9.58. The van der Waals surface area contributed by atoms with Gasteiger partial charge < -0.3 is 14.8 Å². The van der Waals surface area contributed by atoms with E-state index in [1.165, 1.54) is 4.90 Å². The number of carbonyl (C=O) groups excluding carboxylic acids is 3. The van der Waals surface area contributed by atoms with Crippen LogP contribution in [0.2, 0.25) is 0 Å². The Bertz CT molecular complexity index is 941. The van der Waals surface area contributed by atoms with Gasteiger partial charge in [-0.2, -0.15) is 0 Å². The van der Waals surface area contributed by atoms with E-state index in [-0.39, 0.29) is 30.7 Å². The first-order valence-corrected chi connectivity index (χ1v) is 10.4. The number of halogens is 1. The summed E-state index contributed by atoms with van der Waals surface area (Å²) in [6.07, 6.45) is 1.27. The van der Waals surface area contributed by atoms with Gasteiger partial charge in [-0.15, -0.1) is 0 Å². The summed E-state index contributed by atoms with van der Waals surface area (Å²) >= 11 is 3.50. The lowest BCUT2D eigenvalue weighted by atomic mass is 10.1. The van der Waals surface area contributed by atoms with Crippen LogP contribution in [0.4, 0.5) is 0 Å². The average molecular weight is 475 g/mol. The van der Waals surface area contributed by atoms with Crippen LogP contribution in [0.15, 0.2) is 40.9 Å². The molecule has 2 aromatic rings. The highest BCUT2D eigenvalue weighted by atomic mass is 79.9. The van der Waals surface area contributed by atoms with Crippen molar-refractivity contribution < 1.29 is 23.9 Å². The van der Waals surface area contributed by atoms with Crippen LogP contribution in [0.3, 0.4) is 0 Å². The van der Waals surface area contributed by atoms with Gasteiger partial charge in [0.15, 0.2) is 11.5 Å². The van der Waals surface area contributed by atoms with Crippen molar-refractivity contribution in [1.29, 1.82) is 0 Å². The highest BCUT2D eigenvalue weighted by molar-refractivity contribution is 9.10. The van der Waals surface area contributed by atoms with Crippen molar-refractivity contribution in [2.24, 2.45) is 0 Å². The van der Waals surface area contributed by atoms with E-state index in [0.717, 1.165) is 10.0 Å². The molecule has 0 unspecified atom stereocenters. The van der Waals surface area contributed by atoms with Gasteiger partial charge in [-0.1, -0.05) is 28.1 Å². The largest absolute Gasteiger partial charge is 0.493 e. The maximum Gasteiger partial charge on any atom is 0.261 e. The molecule has 0 spiro atoms. The second kappa shape index (κ2) is 9.75. The molecule has 3 amide bonds. The number of hydrogen-bond acceptors (Lipinski definition) is 5. The van der Waals surface area contributed by atoms with Gasteiger partial charge in [0.2, 0.25) is 5.91 Å². The zero-order valence-electron chi connectivity index (χ0n) is 16.9.